The first-order valence-electron chi connectivity index (χ1n) is 5.10. The highest BCUT2D eigenvalue weighted by Crippen LogP contribution is 2.21. The molecule has 0 bridgehead atoms. The molecule has 0 radical (unpaired) electrons. The summed E-state index contributed by atoms with van der Waals surface area (Å²) in [5, 5.41) is 1.14. The second-order valence-corrected chi connectivity index (χ2v) is 3.65. The molecule has 0 aliphatic carbocycles. The van der Waals surface area contributed by atoms with Crippen LogP contribution in [0.4, 0.5) is 0 Å². The van der Waals surface area contributed by atoms with E-state index in [0.717, 1.165) is 29.2 Å². The SMILES string of the molecule is CCc1cccc2c(C)cc(C=O)nc12. The number of aromatic nitrogens is 1. The number of carbonyl (C=O) groups is 1. The summed E-state index contributed by atoms with van der Waals surface area (Å²) in [6.45, 7) is 4.11. The van der Waals surface area contributed by atoms with Gasteiger partial charge in [-0.25, -0.2) is 4.98 Å². The van der Waals surface area contributed by atoms with Crippen molar-refractivity contribution in [3.63, 3.8) is 0 Å². The van der Waals surface area contributed by atoms with Crippen LogP contribution in [-0.2, 0) is 6.42 Å². The summed E-state index contributed by atoms with van der Waals surface area (Å²) < 4.78 is 0. The summed E-state index contributed by atoms with van der Waals surface area (Å²) in [5.74, 6) is 0. The van der Waals surface area contributed by atoms with Crippen molar-refractivity contribution in [1.82, 2.24) is 4.98 Å². The molecule has 1 aromatic heterocycles. The molecule has 0 atom stereocenters. The van der Waals surface area contributed by atoms with Gasteiger partial charge in [0.1, 0.15) is 5.69 Å². The number of carbonyl (C=O) groups excluding carboxylic acids is 1. The average molecular weight is 199 g/mol. The van der Waals surface area contributed by atoms with Gasteiger partial charge in [0.2, 0.25) is 0 Å². The zero-order chi connectivity index (χ0) is 10.8. The van der Waals surface area contributed by atoms with Crippen LogP contribution >= 0.6 is 0 Å². The van der Waals surface area contributed by atoms with Gasteiger partial charge >= 0.3 is 0 Å². The smallest absolute Gasteiger partial charge is 0.168 e. The highest BCUT2D eigenvalue weighted by atomic mass is 16.1. The Hall–Kier alpha value is -1.70. The summed E-state index contributed by atoms with van der Waals surface area (Å²) in [7, 11) is 0. The minimum atomic E-state index is 0.515. The minimum absolute atomic E-state index is 0.515. The summed E-state index contributed by atoms with van der Waals surface area (Å²) in [6.07, 6.45) is 1.74. The summed E-state index contributed by atoms with van der Waals surface area (Å²) in [4.78, 5) is 15.1. The second-order valence-electron chi connectivity index (χ2n) is 3.65. The maximum absolute atomic E-state index is 10.7. The lowest BCUT2D eigenvalue weighted by atomic mass is 10.0. The quantitative estimate of drug-likeness (QED) is 0.696. The highest BCUT2D eigenvalue weighted by molar-refractivity contribution is 5.88. The molecule has 76 valence electrons. The Morgan fingerprint density at radius 3 is 2.87 bits per heavy atom. The van der Waals surface area contributed by atoms with E-state index in [-0.39, 0.29) is 0 Å². The fourth-order valence-electron chi connectivity index (χ4n) is 1.85. The van der Waals surface area contributed by atoms with Crippen LogP contribution in [0.25, 0.3) is 10.9 Å². The molecule has 2 aromatic rings. The Morgan fingerprint density at radius 1 is 1.40 bits per heavy atom. The van der Waals surface area contributed by atoms with Crippen molar-refractivity contribution in [3.8, 4) is 0 Å². The zero-order valence-corrected chi connectivity index (χ0v) is 8.95. The number of para-hydroxylation sites is 1. The molecule has 2 rings (SSSR count). The Kier molecular flexibility index (Phi) is 2.50. The summed E-state index contributed by atoms with van der Waals surface area (Å²) in [6, 6.07) is 7.97. The van der Waals surface area contributed by atoms with Crippen molar-refractivity contribution in [2.45, 2.75) is 20.3 Å². The Bertz CT molecular complexity index is 517. The molecule has 0 unspecified atom stereocenters. The monoisotopic (exact) mass is 199 g/mol. The van der Waals surface area contributed by atoms with Gasteiger partial charge < -0.3 is 0 Å². The van der Waals surface area contributed by atoms with Gasteiger partial charge in [-0.15, -0.1) is 0 Å². The Morgan fingerprint density at radius 2 is 2.20 bits per heavy atom. The predicted octanol–water partition coefficient (Wildman–Crippen LogP) is 2.92. The molecule has 2 nitrogen and oxygen atoms in total. The van der Waals surface area contributed by atoms with E-state index < -0.39 is 0 Å². The third-order valence-electron chi connectivity index (χ3n) is 2.65. The van der Waals surface area contributed by atoms with E-state index in [2.05, 4.69) is 18.0 Å². The van der Waals surface area contributed by atoms with E-state index in [0.29, 0.717) is 5.69 Å². The largest absolute Gasteiger partial charge is 0.296 e. The molecule has 1 aromatic carbocycles. The molecule has 0 saturated carbocycles. The molecule has 0 fully saturated rings. The van der Waals surface area contributed by atoms with Crippen molar-refractivity contribution in [1.29, 1.82) is 0 Å². The van der Waals surface area contributed by atoms with Crippen LogP contribution in [0.1, 0.15) is 28.5 Å². The van der Waals surface area contributed by atoms with Crippen LogP contribution in [0.2, 0.25) is 0 Å². The summed E-state index contributed by atoms with van der Waals surface area (Å²) >= 11 is 0. The maximum Gasteiger partial charge on any atom is 0.168 e. The lowest BCUT2D eigenvalue weighted by Gasteiger charge is -2.06. The molecule has 15 heavy (non-hydrogen) atoms. The Labute approximate surface area is 89.0 Å². The van der Waals surface area contributed by atoms with E-state index in [1.165, 1.54) is 5.56 Å². The van der Waals surface area contributed by atoms with E-state index in [9.17, 15) is 4.79 Å². The number of aryl methyl sites for hydroxylation is 2. The molecule has 0 saturated heterocycles. The molecular formula is C13H13NO. The standard InChI is InChI=1S/C13H13NO/c1-3-10-5-4-6-12-9(2)7-11(8-15)14-13(10)12/h4-8H,3H2,1-2H3. The van der Waals surface area contributed by atoms with Crippen LogP contribution < -0.4 is 0 Å². The van der Waals surface area contributed by atoms with Gasteiger partial charge in [-0.1, -0.05) is 25.1 Å². The molecule has 0 aliphatic heterocycles. The molecule has 0 amide bonds. The fourth-order valence-corrected chi connectivity index (χ4v) is 1.85. The van der Waals surface area contributed by atoms with Gasteiger partial charge in [0.25, 0.3) is 0 Å². The van der Waals surface area contributed by atoms with Gasteiger partial charge in [-0.3, -0.25) is 4.79 Å². The van der Waals surface area contributed by atoms with Crippen LogP contribution in [0.5, 0.6) is 0 Å². The normalized spacial score (nSPS) is 10.5. The molecule has 0 aliphatic rings. The van der Waals surface area contributed by atoms with Gasteiger partial charge in [0.15, 0.2) is 6.29 Å². The van der Waals surface area contributed by atoms with Gasteiger partial charge in [-0.2, -0.15) is 0 Å². The van der Waals surface area contributed by atoms with Crippen LogP contribution in [-0.4, -0.2) is 11.3 Å². The highest BCUT2D eigenvalue weighted by Gasteiger charge is 2.05. The van der Waals surface area contributed by atoms with Crippen molar-refractivity contribution in [2.24, 2.45) is 0 Å². The number of hydrogen-bond acceptors (Lipinski definition) is 2. The lowest BCUT2D eigenvalue weighted by Crippen LogP contribution is -1.94. The third-order valence-corrected chi connectivity index (χ3v) is 2.65. The topological polar surface area (TPSA) is 30.0 Å². The van der Waals surface area contributed by atoms with E-state index in [1.54, 1.807) is 0 Å². The van der Waals surface area contributed by atoms with Crippen molar-refractivity contribution in [3.05, 3.63) is 41.1 Å². The van der Waals surface area contributed by atoms with Gasteiger partial charge in [0, 0.05) is 5.39 Å². The van der Waals surface area contributed by atoms with Crippen LogP contribution in [0, 0.1) is 6.92 Å². The lowest BCUT2D eigenvalue weighted by molar-refractivity contribution is 0.111. The molecule has 0 N–H and O–H groups in total. The van der Waals surface area contributed by atoms with Crippen LogP contribution in [0.3, 0.4) is 0 Å². The minimum Gasteiger partial charge on any atom is -0.296 e. The first kappa shape index (κ1) is 9.84. The molecular weight excluding hydrogens is 186 g/mol. The number of pyridine rings is 1. The summed E-state index contributed by atoms with van der Waals surface area (Å²) in [5.41, 5.74) is 3.78. The van der Waals surface area contributed by atoms with Crippen molar-refractivity contribution in [2.75, 3.05) is 0 Å². The van der Waals surface area contributed by atoms with Crippen LogP contribution in [0.15, 0.2) is 24.3 Å². The molecule has 2 heteroatoms. The number of nitrogens with zero attached hydrogens (tertiary/aromatic N) is 1. The van der Waals surface area contributed by atoms with E-state index >= 15 is 0 Å². The average Bonchev–Trinajstić information content (AvgIpc) is 2.28. The number of fused-ring (bicyclic) bond motifs is 1. The van der Waals surface area contributed by atoms with E-state index in [4.69, 9.17) is 0 Å². The molecule has 0 spiro atoms. The van der Waals surface area contributed by atoms with Crippen molar-refractivity contribution < 1.29 is 4.79 Å². The fraction of sp³-hybridized carbons (Fsp3) is 0.231. The zero-order valence-electron chi connectivity index (χ0n) is 8.95. The van der Waals surface area contributed by atoms with E-state index in [1.807, 2.05) is 25.1 Å². The number of aldehydes is 1. The molecule has 1 heterocycles. The van der Waals surface area contributed by atoms with Gasteiger partial charge in [-0.05, 0) is 30.5 Å². The predicted molar refractivity (Wildman–Crippen MR) is 61.2 cm³/mol. The first-order valence-corrected chi connectivity index (χ1v) is 5.10. The second kappa shape index (κ2) is 3.81. The first-order chi connectivity index (χ1) is 7.26. The van der Waals surface area contributed by atoms with Gasteiger partial charge in [0.05, 0.1) is 5.52 Å². The Balaban J connectivity index is 2.85. The third kappa shape index (κ3) is 1.63. The van der Waals surface area contributed by atoms with Crippen molar-refractivity contribution >= 4 is 17.2 Å². The number of hydrogen-bond donors (Lipinski definition) is 0. The number of benzene rings is 1. The maximum atomic E-state index is 10.7. The number of rotatable bonds is 2.